The predicted octanol–water partition coefficient (Wildman–Crippen LogP) is 4.16. The maximum absolute atomic E-state index is 12.5. The maximum atomic E-state index is 12.5. The molecule has 0 amide bonds. The van der Waals surface area contributed by atoms with Crippen molar-refractivity contribution >= 4 is 5.78 Å². The lowest BCUT2D eigenvalue weighted by Crippen LogP contribution is -2.25. The molecule has 1 heteroatoms. The number of aryl methyl sites for hydroxylation is 1. The Hall–Kier alpha value is -1.89. The molecule has 0 radical (unpaired) electrons. The number of benzene rings is 2. The molecule has 19 heavy (non-hydrogen) atoms. The van der Waals surface area contributed by atoms with Crippen LogP contribution in [0.4, 0.5) is 0 Å². The molecule has 2 aromatic carbocycles. The first-order valence-corrected chi connectivity index (χ1v) is 7.00. The summed E-state index contributed by atoms with van der Waals surface area (Å²) in [7, 11) is 0. The van der Waals surface area contributed by atoms with E-state index < -0.39 is 0 Å². The Morgan fingerprint density at radius 2 is 1.84 bits per heavy atom. The van der Waals surface area contributed by atoms with Gasteiger partial charge in [-0.05, 0) is 29.5 Å². The van der Waals surface area contributed by atoms with Crippen molar-refractivity contribution in [2.45, 2.75) is 32.1 Å². The van der Waals surface area contributed by atoms with E-state index in [1.807, 2.05) is 24.3 Å². The molecule has 0 N–H and O–H groups in total. The Kier molecular flexibility index (Phi) is 3.20. The number of hydrogen-bond donors (Lipinski definition) is 0. The van der Waals surface area contributed by atoms with Gasteiger partial charge in [0.1, 0.15) is 0 Å². The molecule has 0 aromatic heterocycles. The molecule has 1 atom stereocenters. The summed E-state index contributed by atoms with van der Waals surface area (Å²) in [6.07, 6.45) is 3.12. The molecule has 0 bridgehead atoms. The van der Waals surface area contributed by atoms with Gasteiger partial charge in [-0.1, -0.05) is 61.9 Å². The highest BCUT2D eigenvalue weighted by Crippen LogP contribution is 2.37. The monoisotopic (exact) mass is 250 g/mol. The lowest BCUT2D eigenvalue weighted by Gasteiger charge is -2.28. The van der Waals surface area contributed by atoms with Gasteiger partial charge in [-0.3, -0.25) is 4.79 Å². The average Bonchev–Trinajstić information content (AvgIpc) is 2.41. The molecule has 0 saturated carbocycles. The molecule has 1 aliphatic rings. The molecule has 0 heterocycles. The Balaban J connectivity index is 1.79. The van der Waals surface area contributed by atoms with Gasteiger partial charge in [0, 0.05) is 5.56 Å². The summed E-state index contributed by atoms with van der Waals surface area (Å²) >= 11 is 0. The van der Waals surface area contributed by atoms with E-state index in [9.17, 15) is 4.79 Å². The second-order valence-electron chi connectivity index (χ2n) is 5.27. The number of fused-ring (bicyclic) bond motifs is 1. The fourth-order valence-electron chi connectivity index (χ4n) is 2.82. The summed E-state index contributed by atoms with van der Waals surface area (Å²) in [6.45, 7) is 2.17. The fraction of sp³-hybridized carbons (Fsp3) is 0.278. The zero-order valence-electron chi connectivity index (χ0n) is 11.2. The minimum atomic E-state index is 0.0771. The van der Waals surface area contributed by atoms with Crippen molar-refractivity contribution in [3.63, 3.8) is 0 Å². The second kappa shape index (κ2) is 5.00. The number of ketones is 1. The van der Waals surface area contributed by atoms with Crippen LogP contribution in [0.1, 0.15) is 46.3 Å². The Morgan fingerprint density at radius 1 is 1.11 bits per heavy atom. The molecule has 0 fully saturated rings. The first-order chi connectivity index (χ1) is 9.29. The summed E-state index contributed by atoms with van der Waals surface area (Å²) in [4.78, 5) is 12.5. The SMILES string of the molecule is CCCc1ccc(C(=O)C2Cc3ccccc32)cc1. The summed E-state index contributed by atoms with van der Waals surface area (Å²) in [5.74, 6) is 0.343. The zero-order chi connectivity index (χ0) is 13.2. The molecule has 0 saturated heterocycles. The predicted molar refractivity (Wildman–Crippen MR) is 77.7 cm³/mol. The highest BCUT2D eigenvalue weighted by Gasteiger charge is 2.31. The number of hydrogen-bond acceptors (Lipinski definition) is 1. The van der Waals surface area contributed by atoms with E-state index in [0.29, 0.717) is 0 Å². The Labute approximate surface area is 114 Å². The average molecular weight is 250 g/mol. The van der Waals surface area contributed by atoms with Crippen molar-refractivity contribution in [3.05, 3.63) is 70.8 Å². The molecule has 1 nitrogen and oxygen atoms in total. The van der Waals surface area contributed by atoms with Gasteiger partial charge in [0.25, 0.3) is 0 Å². The van der Waals surface area contributed by atoms with Crippen LogP contribution in [0.3, 0.4) is 0 Å². The third-order valence-electron chi connectivity index (χ3n) is 3.95. The number of Topliss-reactive ketones (excluding diaryl/α,β-unsaturated/α-hetero) is 1. The molecule has 1 aliphatic carbocycles. The Bertz CT molecular complexity index is 595. The third kappa shape index (κ3) is 2.21. The van der Waals surface area contributed by atoms with E-state index in [2.05, 4.69) is 31.2 Å². The van der Waals surface area contributed by atoms with Gasteiger partial charge < -0.3 is 0 Å². The van der Waals surface area contributed by atoms with E-state index in [0.717, 1.165) is 24.8 Å². The van der Waals surface area contributed by atoms with Crippen LogP contribution in [0.15, 0.2) is 48.5 Å². The van der Waals surface area contributed by atoms with Crippen LogP contribution in [0.2, 0.25) is 0 Å². The van der Waals surface area contributed by atoms with Crippen molar-refractivity contribution in [2.75, 3.05) is 0 Å². The smallest absolute Gasteiger partial charge is 0.170 e. The van der Waals surface area contributed by atoms with E-state index in [1.54, 1.807) is 0 Å². The maximum Gasteiger partial charge on any atom is 0.170 e. The molecule has 96 valence electrons. The van der Waals surface area contributed by atoms with Crippen LogP contribution in [0.25, 0.3) is 0 Å². The molecular weight excluding hydrogens is 232 g/mol. The molecule has 0 aliphatic heterocycles. The van der Waals surface area contributed by atoms with E-state index in [1.165, 1.54) is 16.7 Å². The van der Waals surface area contributed by atoms with Crippen molar-refractivity contribution in [3.8, 4) is 0 Å². The molecule has 3 rings (SSSR count). The van der Waals surface area contributed by atoms with Crippen molar-refractivity contribution in [2.24, 2.45) is 0 Å². The molecular formula is C18H18O. The van der Waals surface area contributed by atoms with Gasteiger partial charge in [0.2, 0.25) is 0 Å². The first-order valence-electron chi connectivity index (χ1n) is 7.00. The van der Waals surface area contributed by atoms with E-state index in [-0.39, 0.29) is 11.7 Å². The molecule has 1 unspecified atom stereocenters. The number of carbonyl (C=O) groups excluding carboxylic acids is 1. The largest absolute Gasteiger partial charge is 0.293 e. The topological polar surface area (TPSA) is 17.1 Å². The van der Waals surface area contributed by atoms with Gasteiger partial charge >= 0.3 is 0 Å². The highest BCUT2D eigenvalue weighted by molar-refractivity contribution is 6.02. The van der Waals surface area contributed by atoms with E-state index in [4.69, 9.17) is 0 Å². The third-order valence-corrected chi connectivity index (χ3v) is 3.95. The molecule has 0 spiro atoms. The van der Waals surface area contributed by atoms with Gasteiger partial charge in [-0.15, -0.1) is 0 Å². The van der Waals surface area contributed by atoms with Gasteiger partial charge in [0.15, 0.2) is 5.78 Å². The van der Waals surface area contributed by atoms with E-state index >= 15 is 0 Å². The zero-order valence-corrected chi connectivity index (χ0v) is 11.2. The lowest BCUT2D eigenvalue weighted by atomic mass is 9.74. The van der Waals surface area contributed by atoms with Crippen LogP contribution in [-0.2, 0) is 12.8 Å². The normalized spacial score (nSPS) is 16.6. The minimum absolute atomic E-state index is 0.0771. The summed E-state index contributed by atoms with van der Waals surface area (Å²) < 4.78 is 0. The molecule has 2 aromatic rings. The van der Waals surface area contributed by atoms with Gasteiger partial charge in [-0.2, -0.15) is 0 Å². The summed E-state index contributed by atoms with van der Waals surface area (Å²) in [5.41, 5.74) is 4.70. The Morgan fingerprint density at radius 3 is 2.53 bits per heavy atom. The fourth-order valence-corrected chi connectivity index (χ4v) is 2.82. The van der Waals surface area contributed by atoms with Crippen LogP contribution in [-0.4, -0.2) is 5.78 Å². The lowest BCUT2D eigenvalue weighted by molar-refractivity contribution is 0.0949. The highest BCUT2D eigenvalue weighted by atomic mass is 16.1. The summed E-state index contributed by atoms with van der Waals surface area (Å²) in [6, 6.07) is 16.4. The quantitative estimate of drug-likeness (QED) is 0.745. The van der Waals surface area contributed by atoms with Crippen molar-refractivity contribution < 1.29 is 4.79 Å². The first kappa shape index (κ1) is 12.2. The number of rotatable bonds is 4. The van der Waals surface area contributed by atoms with Crippen molar-refractivity contribution in [1.82, 2.24) is 0 Å². The summed E-state index contributed by atoms with van der Waals surface area (Å²) in [5, 5.41) is 0. The van der Waals surface area contributed by atoms with Gasteiger partial charge in [0.05, 0.1) is 5.92 Å². The van der Waals surface area contributed by atoms with Gasteiger partial charge in [-0.25, -0.2) is 0 Å². The standard InChI is InChI=1S/C18H18O/c1-2-5-13-8-10-14(11-9-13)18(19)17-12-15-6-3-4-7-16(15)17/h3-4,6-11,17H,2,5,12H2,1H3. The van der Waals surface area contributed by atoms with Crippen LogP contribution in [0.5, 0.6) is 0 Å². The number of carbonyl (C=O) groups is 1. The second-order valence-corrected chi connectivity index (χ2v) is 5.27. The minimum Gasteiger partial charge on any atom is -0.293 e. The van der Waals surface area contributed by atoms with Crippen LogP contribution in [0, 0.1) is 0 Å². The van der Waals surface area contributed by atoms with Crippen LogP contribution >= 0.6 is 0 Å². The van der Waals surface area contributed by atoms with Crippen molar-refractivity contribution in [1.29, 1.82) is 0 Å². The van der Waals surface area contributed by atoms with Crippen LogP contribution < -0.4 is 0 Å².